The van der Waals surface area contributed by atoms with Crippen LogP contribution in [-0.2, 0) is 16.1 Å². The van der Waals surface area contributed by atoms with E-state index in [4.69, 9.17) is 4.74 Å². The van der Waals surface area contributed by atoms with Gasteiger partial charge in [0, 0.05) is 36.7 Å². The van der Waals surface area contributed by atoms with Gasteiger partial charge in [0.05, 0.1) is 6.61 Å². The highest BCUT2D eigenvalue weighted by molar-refractivity contribution is 5.84. The van der Waals surface area contributed by atoms with E-state index in [0.717, 1.165) is 42.6 Å². The van der Waals surface area contributed by atoms with Crippen molar-refractivity contribution in [3.8, 4) is 5.88 Å². The van der Waals surface area contributed by atoms with Crippen molar-refractivity contribution in [3.05, 3.63) is 23.9 Å². The van der Waals surface area contributed by atoms with Crippen LogP contribution in [0.25, 0.3) is 0 Å². The number of ether oxygens (including phenoxy) is 1. The van der Waals surface area contributed by atoms with Crippen LogP contribution in [0.2, 0.25) is 0 Å². The number of nitrogens with one attached hydrogen (secondary N) is 2. The van der Waals surface area contributed by atoms with Crippen LogP contribution in [0.15, 0.2) is 18.3 Å². The molecular formula is C22H31N3O3. The van der Waals surface area contributed by atoms with Gasteiger partial charge in [0.15, 0.2) is 0 Å². The molecule has 0 aromatic carbocycles. The van der Waals surface area contributed by atoms with Gasteiger partial charge >= 0.3 is 0 Å². The molecule has 0 spiro atoms. The van der Waals surface area contributed by atoms with Gasteiger partial charge in [0.2, 0.25) is 17.7 Å². The van der Waals surface area contributed by atoms with E-state index in [0.29, 0.717) is 32.0 Å². The van der Waals surface area contributed by atoms with Crippen molar-refractivity contribution in [1.29, 1.82) is 0 Å². The number of hydrogen-bond acceptors (Lipinski definition) is 4. The maximum Gasteiger partial charge on any atom is 0.226 e. The summed E-state index contributed by atoms with van der Waals surface area (Å²) in [5.74, 6) is 2.92. The summed E-state index contributed by atoms with van der Waals surface area (Å²) in [4.78, 5) is 29.3. The molecule has 4 saturated carbocycles. The molecule has 6 nitrogen and oxygen atoms in total. The van der Waals surface area contributed by atoms with Gasteiger partial charge in [0.1, 0.15) is 0 Å². The van der Waals surface area contributed by atoms with E-state index in [9.17, 15) is 9.59 Å². The standard InChI is InChI=1S/C22H31N3O3/c1-2-28-20-18(4-3-6-23-20)14-25-19(26)5-7-24-21(27)22-11-15-8-16(12-22)10-17(9-15)13-22/h3-4,6,15-17H,2,5,7-14H2,1H3,(H,24,27)(H,25,26). The number of carbonyl (C=O) groups is 2. The molecule has 0 unspecified atom stereocenters. The Labute approximate surface area is 166 Å². The van der Waals surface area contributed by atoms with E-state index < -0.39 is 0 Å². The summed E-state index contributed by atoms with van der Waals surface area (Å²) in [7, 11) is 0. The van der Waals surface area contributed by atoms with E-state index >= 15 is 0 Å². The van der Waals surface area contributed by atoms with Gasteiger partial charge in [-0.3, -0.25) is 9.59 Å². The highest BCUT2D eigenvalue weighted by Gasteiger charge is 2.54. The molecule has 6 heteroatoms. The van der Waals surface area contributed by atoms with Crippen LogP contribution in [0.4, 0.5) is 0 Å². The fraction of sp³-hybridized carbons (Fsp3) is 0.682. The number of aromatic nitrogens is 1. The Kier molecular flexibility index (Phi) is 5.56. The van der Waals surface area contributed by atoms with Crippen molar-refractivity contribution < 1.29 is 14.3 Å². The van der Waals surface area contributed by atoms with Gasteiger partial charge in [0.25, 0.3) is 0 Å². The van der Waals surface area contributed by atoms with E-state index in [1.165, 1.54) is 19.3 Å². The lowest BCUT2D eigenvalue weighted by Gasteiger charge is -2.55. The van der Waals surface area contributed by atoms with E-state index in [2.05, 4.69) is 15.6 Å². The summed E-state index contributed by atoms with van der Waals surface area (Å²) in [6.45, 7) is 3.22. The molecule has 5 rings (SSSR count). The SMILES string of the molecule is CCOc1ncccc1CNC(=O)CCNC(=O)C12CC3CC(CC(C3)C1)C2. The van der Waals surface area contributed by atoms with Gasteiger partial charge in [-0.2, -0.15) is 0 Å². The van der Waals surface area contributed by atoms with Crippen molar-refractivity contribution in [2.45, 2.75) is 58.4 Å². The van der Waals surface area contributed by atoms with Gasteiger partial charge in [-0.15, -0.1) is 0 Å². The monoisotopic (exact) mass is 385 g/mol. The zero-order chi connectivity index (χ0) is 19.6. The molecule has 4 aliphatic rings. The summed E-state index contributed by atoms with van der Waals surface area (Å²) in [5.41, 5.74) is 0.711. The van der Waals surface area contributed by atoms with Crippen LogP contribution in [-0.4, -0.2) is 29.9 Å². The number of carbonyl (C=O) groups excluding carboxylic acids is 2. The molecule has 4 bridgehead atoms. The summed E-state index contributed by atoms with van der Waals surface area (Å²) in [6.07, 6.45) is 9.11. The molecule has 152 valence electrons. The molecule has 0 saturated heterocycles. The zero-order valence-corrected chi connectivity index (χ0v) is 16.7. The average Bonchev–Trinajstić information content (AvgIpc) is 2.66. The molecule has 0 radical (unpaired) electrons. The summed E-state index contributed by atoms with van der Waals surface area (Å²) >= 11 is 0. The van der Waals surface area contributed by atoms with Crippen LogP contribution in [0.1, 0.15) is 57.4 Å². The van der Waals surface area contributed by atoms with E-state index in [-0.39, 0.29) is 17.2 Å². The van der Waals surface area contributed by atoms with Crippen molar-refractivity contribution >= 4 is 11.8 Å². The average molecular weight is 386 g/mol. The van der Waals surface area contributed by atoms with Crippen molar-refractivity contribution in [1.82, 2.24) is 15.6 Å². The third kappa shape index (κ3) is 4.01. The second-order valence-corrected chi connectivity index (χ2v) is 8.88. The summed E-state index contributed by atoms with van der Waals surface area (Å²) < 4.78 is 5.48. The molecule has 28 heavy (non-hydrogen) atoms. The lowest BCUT2D eigenvalue weighted by molar-refractivity contribution is -0.146. The highest BCUT2D eigenvalue weighted by Crippen LogP contribution is 2.60. The smallest absolute Gasteiger partial charge is 0.226 e. The maximum atomic E-state index is 12.9. The van der Waals surface area contributed by atoms with Gasteiger partial charge in [-0.05, 0) is 69.3 Å². The third-order valence-electron chi connectivity index (χ3n) is 6.76. The summed E-state index contributed by atoms with van der Waals surface area (Å²) in [5, 5.41) is 5.96. The first-order chi connectivity index (χ1) is 13.6. The minimum absolute atomic E-state index is 0.0721. The van der Waals surface area contributed by atoms with E-state index in [1.54, 1.807) is 6.20 Å². The lowest BCUT2D eigenvalue weighted by atomic mass is 9.49. The first-order valence-corrected chi connectivity index (χ1v) is 10.7. The van der Waals surface area contributed by atoms with Gasteiger partial charge in [-0.25, -0.2) is 4.98 Å². The number of hydrogen-bond donors (Lipinski definition) is 2. The molecule has 4 fully saturated rings. The molecule has 1 aromatic rings. The molecule has 0 aliphatic heterocycles. The van der Waals surface area contributed by atoms with E-state index in [1.807, 2.05) is 19.1 Å². The van der Waals surface area contributed by atoms with Crippen molar-refractivity contribution in [2.75, 3.05) is 13.2 Å². The Hall–Kier alpha value is -2.11. The lowest BCUT2D eigenvalue weighted by Crippen LogP contribution is -2.53. The minimum atomic E-state index is -0.146. The Morgan fingerprint density at radius 3 is 2.46 bits per heavy atom. The van der Waals surface area contributed by atoms with Gasteiger partial charge in [-0.1, -0.05) is 6.07 Å². The van der Waals surface area contributed by atoms with Gasteiger partial charge < -0.3 is 15.4 Å². The zero-order valence-electron chi connectivity index (χ0n) is 16.7. The second kappa shape index (κ2) is 8.10. The molecule has 4 aliphatic carbocycles. The number of pyridine rings is 1. The van der Waals surface area contributed by atoms with Crippen LogP contribution < -0.4 is 15.4 Å². The summed E-state index contributed by atoms with van der Waals surface area (Å²) in [6, 6.07) is 3.73. The molecule has 2 N–H and O–H groups in total. The Bertz CT molecular complexity index is 698. The quantitative estimate of drug-likeness (QED) is 0.721. The second-order valence-electron chi connectivity index (χ2n) is 8.88. The topological polar surface area (TPSA) is 80.3 Å². The Morgan fingerprint density at radius 2 is 1.82 bits per heavy atom. The molecule has 1 aromatic heterocycles. The van der Waals surface area contributed by atoms with Crippen LogP contribution in [0, 0.1) is 23.2 Å². The first-order valence-electron chi connectivity index (χ1n) is 10.7. The number of amides is 2. The third-order valence-corrected chi connectivity index (χ3v) is 6.76. The molecule has 0 atom stereocenters. The largest absolute Gasteiger partial charge is 0.478 e. The van der Waals surface area contributed by atoms with Crippen molar-refractivity contribution in [2.24, 2.45) is 23.2 Å². The molecular weight excluding hydrogens is 354 g/mol. The molecule has 2 amide bonds. The predicted octanol–water partition coefficient (Wildman–Crippen LogP) is 2.82. The van der Waals surface area contributed by atoms with Crippen LogP contribution in [0.5, 0.6) is 5.88 Å². The number of rotatable bonds is 8. The normalized spacial score (nSPS) is 30.1. The Morgan fingerprint density at radius 1 is 1.14 bits per heavy atom. The molecule has 1 heterocycles. The van der Waals surface area contributed by atoms with Crippen LogP contribution in [0.3, 0.4) is 0 Å². The first kappa shape index (κ1) is 19.2. The Balaban J connectivity index is 1.22. The maximum absolute atomic E-state index is 12.9. The van der Waals surface area contributed by atoms with Crippen LogP contribution >= 0.6 is 0 Å². The highest BCUT2D eigenvalue weighted by atomic mass is 16.5. The fourth-order valence-electron chi connectivity index (χ4n) is 5.97. The minimum Gasteiger partial charge on any atom is -0.478 e. The van der Waals surface area contributed by atoms with Crippen molar-refractivity contribution in [3.63, 3.8) is 0 Å². The predicted molar refractivity (Wildman–Crippen MR) is 105 cm³/mol. The fourth-order valence-corrected chi connectivity index (χ4v) is 5.97. The number of nitrogens with zero attached hydrogens (tertiary/aromatic N) is 1.